The highest BCUT2D eigenvalue weighted by Crippen LogP contribution is 2.36. The number of fused-ring (bicyclic) bond motifs is 1. The molecule has 0 aromatic heterocycles. The van der Waals surface area contributed by atoms with E-state index in [2.05, 4.69) is 22.6 Å². The second-order valence-electron chi connectivity index (χ2n) is 6.60. The lowest BCUT2D eigenvalue weighted by molar-refractivity contribution is 0.460. The summed E-state index contributed by atoms with van der Waals surface area (Å²) in [7, 11) is -8.81. The number of benzene rings is 2. The second-order valence-corrected chi connectivity index (χ2v) is 12.8. The Morgan fingerprint density at radius 1 is 0.793 bits per heavy atom. The SMILES string of the molecule is O=S(=O)([O-])c1ccc(OS(=O)(=O)c2c(I)ccc(I)c2I)c2c1CCCCCC2. The van der Waals surface area contributed by atoms with Gasteiger partial charge in [0, 0.05) is 16.3 Å². The second kappa shape index (κ2) is 9.42. The van der Waals surface area contributed by atoms with E-state index < -0.39 is 20.2 Å². The number of rotatable bonds is 4. The molecule has 0 saturated carbocycles. The Morgan fingerprint density at radius 2 is 1.38 bits per heavy atom. The molecule has 1 aliphatic rings. The molecule has 0 atom stereocenters. The largest absolute Gasteiger partial charge is 0.744 e. The van der Waals surface area contributed by atoms with Gasteiger partial charge in [-0.05, 0) is 123 Å². The summed E-state index contributed by atoms with van der Waals surface area (Å²) in [6.45, 7) is 0. The van der Waals surface area contributed by atoms with Crippen LogP contribution in [0.15, 0.2) is 34.1 Å². The molecule has 6 nitrogen and oxygen atoms in total. The van der Waals surface area contributed by atoms with Crippen molar-refractivity contribution >= 4 is 88.0 Å². The Morgan fingerprint density at radius 3 is 2.00 bits per heavy atom. The van der Waals surface area contributed by atoms with Crippen LogP contribution in [-0.4, -0.2) is 21.4 Å². The molecule has 0 unspecified atom stereocenters. The summed E-state index contributed by atoms with van der Waals surface area (Å²) in [5, 5.41) is 0. The van der Waals surface area contributed by atoms with Crippen molar-refractivity contribution in [3.63, 3.8) is 0 Å². The first-order valence-corrected chi connectivity index (χ1v) is 14.8. The highest BCUT2D eigenvalue weighted by molar-refractivity contribution is 14.1. The molecule has 11 heteroatoms. The normalized spacial score (nSPS) is 15.3. The van der Waals surface area contributed by atoms with Gasteiger partial charge in [-0.3, -0.25) is 0 Å². The average molecular weight is 773 g/mol. The van der Waals surface area contributed by atoms with Crippen molar-refractivity contribution in [2.75, 3.05) is 0 Å². The third-order valence-electron chi connectivity index (χ3n) is 4.67. The van der Waals surface area contributed by atoms with Crippen LogP contribution in [0.5, 0.6) is 5.75 Å². The van der Waals surface area contributed by atoms with Gasteiger partial charge in [-0.25, -0.2) is 8.42 Å². The lowest BCUT2D eigenvalue weighted by Crippen LogP contribution is -2.17. The molecule has 2 aromatic carbocycles. The Labute approximate surface area is 211 Å². The van der Waals surface area contributed by atoms with Crippen molar-refractivity contribution in [2.24, 2.45) is 0 Å². The van der Waals surface area contributed by atoms with Crippen LogP contribution in [0.2, 0.25) is 0 Å². The van der Waals surface area contributed by atoms with Crippen molar-refractivity contribution in [2.45, 2.75) is 48.3 Å². The number of hydrogen-bond donors (Lipinski definition) is 0. The van der Waals surface area contributed by atoms with Gasteiger partial charge in [0.2, 0.25) is 0 Å². The quantitative estimate of drug-likeness (QED) is 0.191. The van der Waals surface area contributed by atoms with Crippen LogP contribution in [0.1, 0.15) is 36.8 Å². The fourth-order valence-electron chi connectivity index (χ4n) is 3.37. The minimum atomic E-state index is -4.66. The molecule has 0 heterocycles. The molecular weight excluding hydrogens is 757 g/mol. The molecule has 29 heavy (non-hydrogen) atoms. The first-order valence-electron chi connectivity index (χ1n) is 8.71. The standard InChI is InChI=1S/C18H17I3O6S2/c19-13-7-8-14(20)18(17(13)21)29(25,26)27-15-9-10-16(28(22,23)24)12-6-4-2-1-3-5-11(12)15/h7-10H,1-6H2,(H,22,23,24)/p-1. The van der Waals surface area contributed by atoms with Gasteiger partial charge in [0.25, 0.3) is 0 Å². The fourth-order valence-corrected chi connectivity index (χ4v) is 8.93. The van der Waals surface area contributed by atoms with Crippen molar-refractivity contribution in [3.8, 4) is 5.75 Å². The molecule has 0 amide bonds. The zero-order valence-electron chi connectivity index (χ0n) is 15.0. The summed E-state index contributed by atoms with van der Waals surface area (Å²) in [5.41, 5.74) is 0.889. The molecular formula is C18H16I3O6S2-. The first kappa shape index (κ1) is 23.9. The van der Waals surface area contributed by atoms with Crippen molar-refractivity contribution in [1.29, 1.82) is 0 Å². The van der Waals surface area contributed by atoms with Gasteiger partial charge in [0.05, 0.1) is 4.90 Å². The zero-order chi connectivity index (χ0) is 21.4. The average Bonchev–Trinajstić information content (AvgIpc) is 2.58. The lowest BCUT2D eigenvalue weighted by Gasteiger charge is -2.22. The summed E-state index contributed by atoms with van der Waals surface area (Å²) >= 11 is 5.99. The van der Waals surface area contributed by atoms with Crippen LogP contribution < -0.4 is 4.18 Å². The fraction of sp³-hybridized carbons (Fsp3) is 0.333. The third kappa shape index (κ3) is 5.38. The minimum absolute atomic E-state index is 0.0886. The van der Waals surface area contributed by atoms with Crippen LogP contribution in [0.25, 0.3) is 0 Å². The maximum absolute atomic E-state index is 13.1. The molecule has 0 spiro atoms. The molecule has 0 aliphatic heterocycles. The van der Waals surface area contributed by atoms with E-state index >= 15 is 0 Å². The Hall–Kier alpha value is 0.290. The van der Waals surface area contributed by atoms with E-state index in [0.717, 1.165) is 35.3 Å². The summed E-state index contributed by atoms with van der Waals surface area (Å²) < 4.78 is 68.8. The number of hydrogen-bond acceptors (Lipinski definition) is 6. The van der Waals surface area contributed by atoms with E-state index in [1.54, 1.807) is 6.07 Å². The van der Waals surface area contributed by atoms with Gasteiger partial charge in [0.15, 0.2) is 0 Å². The molecule has 158 valence electrons. The molecule has 0 bridgehead atoms. The first-order chi connectivity index (χ1) is 13.5. The van der Waals surface area contributed by atoms with Crippen molar-refractivity contribution in [3.05, 3.63) is 46.1 Å². The molecule has 2 aromatic rings. The monoisotopic (exact) mass is 773 g/mol. The van der Waals surface area contributed by atoms with Gasteiger partial charge in [-0.2, -0.15) is 8.42 Å². The maximum Gasteiger partial charge on any atom is 0.341 e. The topological polar surface area (TPSA) is 101 Å². The van der Waals surface area contributed by atoms with Crippen LogP contribution in [0.4, 0.5) is 0 Å². The summed E-state index contributed by atoms with van der Waals surface area (Å²) in [6.07, 6.45) is 4.25. The van der Waals surface area contributed by atoms with Crippen molar-refractivity contribution in [1.82, 2.24) is 0 Å². The molecule has 0 saturated heterocycles. The van der Waals surface area contributed by atoms with Gasteiger partial charge >= 0.3 is 10.1 Å². The highest BCUT2D eigenvalue weighted by atomic mass is 127. The van der Waals surface area contributed by atoms with Crippen LogP contribution in [0.3, 0.4) is 0 Å². The smallest absolute Gasteiger partial charge is 0.341 e. The minimum Gasteiger partial charge on any atom is -0.744 e. The molecule has 3 rings (SSSR count). The van der Waals surface area contributed by atoms with Crippen LogP contribution >= 0.6 is 67.8 Å². The van der Waals surface area contributed by atoms with E-state index in [-0.39, 0.29) is 15.5 Å². The van der Waals surface area contributed by atoms with Gasteiger partial charge in [0.1, 0.15) is 20.8 Å². The predicted octanol–water partition coefficient (Wildman–Crippen LogP) is 4.83. The summed E-state index contributed by atoms with van der Waals surface area (Å²) in [5.74, 6) is 0.0970. The molecule has 1 aliphatic carbocycles. The zero-order valence-corrected chi connectivity index (χ0v) is 23.1. The van der Waals surface area contributed by atoms with E-state index in [1.807, 2.05) is 51.2 Å². The maximum atomic E-state index is 13.1. The third-order valence-corrected chi connectivity index (χ3v) is 11.6. The van der Waals surface area contributed by atoms with E-state index in [4.69, 9.17) is 4.18 Å². The Bertz CT molecular complexity index is 1160. The highest BCUT2D eigenvalue weighted by Gasteiger charge is 2.28. The van der Waals surface area contributed by atoms with Gasteiger partial charge < -0.3 is 8.74 Å². The lowest BCUT2D eigenvalue weighted by atomic mass is 9.92. The number of halogens is 3. The summed E-state index contributed by atoms with van der Waals surface area (Å²) in [6, 6.07) is 5.99. The Kier molecular flexibility index (Phi) is 7.78. The van der Waals surface area contributed by atoms with E-state index in [9.17, 15) is 21.4 Å². The van der Waals surface area contributed by atoms with E-state index in [1.165, 1.54) is 6.07 Å². The van der Waals surface area contributed by atoms with Gasteiger partial charge in [-0.15, -0.1) is 0 Å². The van der Waals surface area contributed by atoms with Crippen molar-refractivity contribution < 1.29 is 25.6 Å². The molecule has 0 N–H and O–H groups in total. The Balaban J connectivity index is 2.15. The van der Waals surface area contributed by atoms with Gasteiger partial charge in [-0.1, -0.05) is 12.8 Å². The summed E-state index contributed by atoms with van der Waals surface area (Å²) in [4.78, 5) is -0.191. The molecule has 0 fully saturated rings. The van der Waals surface area contributed by atoms with Crippen LogP contribution in [0, 0.1) is 10.7 Å². The molecule has 0 radical (unpaired) electrons. The van der Waals surface area contributed by atoms with Crippen LogP contribution in [-0.2, 0) is 33.1 Å². The van der Waals surface area contributed by atoms with E-state index in [0.29, 0.717) is 31.1 Å². The predicted molar refractivity (Wildman–Crippen MR) is 133 cm³/mol.